The van der Waals surface area contributed by atoms with Crippen molar-refractivity contribution in [1.29, 1.82) is 0 Å². The molecule has 0 bridgehead atoms. The van der Waals surface area contributed by atoms with Gasteiger partial charge < -0.3 is 35.8 Å². The number of thioether (sulfide) groups is 2. The van der Waals surface area contributed by atoms with Crippen LogP contribution in [0.4, 0.5) is 9.93 Å². The molecule has 4 heterocycles. The number of carbonyl (C=O) groups excluding carboxylic acids is 3. The van der Waals surface area contributed by atoms with Gasteiger partial charge in [0.05, 0.1) is 13.2 Å². The average Bonchev–Trinajstić information content (AvgIpc) is 3.61. The molecule has 2 aliphatic rings. The number of nitrogen functional groups attached to an aromatic ring is 1. The first kappa shape index (κ1) is 45.1. The number of ether oxygens (including phenoxy) is 2. The van der Waals surface area contributed by atoms with Gasteiger partial charge in [-0.1, -0.05) is 131 Å². The number of thiazole rings is 1. The maximum atomic E-state index is 14.4. The number of fused-ring (bicyclic) bond motifs is 1. The molecule has 0 radical (unpaired) electrons. The number of nitrogens with two attached hydrogens (primary N) is 1. The topological polar surface area (TPSA) is 208 Å². The molecule has 3 aromatic carbocycles. The largest absolute Gasteiger partial charge is 0.477 e. The zero-order valence-electron chi connectivity index (χ0n) is 34.1. The van der Waals surface area contributed by atoms with Crippen molar-refractivity contribution in [2.75, 3.05) is 24.6 Å². The number of nitrogens with zero attached hydrogens (tertiary/aromatic N) is 4. The number of oxime groups is 1. The number of alkyl carbamates (subject to hydrolysis) is 1. The number of β-lactam (4-membered cyclic amide) rings is 1. The van der Waals surface area contributed by atoms with Crippen LogP contribution in [0.2, 0.25) is 4.34 Å². The second-order valence-corrected chi connectivity index (χ2v) is 18.9. The van der Waals surface area contributed by atoms with Crippen molar-refractivity contribution in [3.63, 3.8) is 0 Å². The SMILES string of the molecule is CC(C)(C)OC(=O)NCCOCc1cnccc1SC1=C(C(=O)O)N2C(=O)[C@@H](NC(=O)/C(=N\OC(c3ccccc3)(c3ccccc3)c3ccccc3)c3nc(N)sc3Cl)[C@H]2SC1. The molecule has 2 aliphatic heterocycles. The number of carbonyl (C=O) groups is 4. The lowest BCUT2D eigenvalue weighted by Crippen LogP contribution is -2.71. The summed E-state index contributed by atoms with van der Waals surface area (Å²) in [7, 11) is 0. The van der Waals surface area contributed by atoms with Crippen LogP contribution in [0.1, 0.15) is 48.7 Å². The number of carboxylic acid groups (broad SMARTS) is 1. The molecule has 7 rings (SSSR count). The molecule has 0 unspecified atom stereocenters. The average molecular weight is 929 g/mol. The number of carboxylic acids is 1. The summed E-state index contributed by atoms with van der Waals surface area (Å²) in [5.74, 6) is -2.57. The first-order chi connectivity index (χ1) is 30.3. The van der Waals surface area contributed by atoms with Gasteiger partial charge in [0, 0.05) is 56.7 Å². The van der Waals surface area contributed by atoms with E-state index in [0.717, 1.165) is 11.3 Å². The Labute approximate surface area is 380 Å². The molecular weight excluding hydrogens is 886 g/mol. The zero-order chi connectivity index (χ0) is 44.7. The molecule has 0 saturated carbocycles. The highest BCUT2D eigenvalue weighted by Crippen LogP contribution is 2.46. The Balaban J connectivity index is 1.12. The Hall–Kier alpha value is -5.92. The van der Waals surface area contributed by atoms with Gasteiger partial charge in [-0.15, -0.1) is 11.8 Å². The first-order valence-electron chi connectivity index (χ1n) is 19.5. The molecule has 19 heteroatoms. The van der Waals surface area contributed by atoms with Crippen LogP contribution < -0.4 is 16.4 Å². The molecular formula is C44H42ClN7O8S3. The standard InChI is InChI=1S/C44H42ClN7O8S3/c1-43(2,3)59-42(57)48-21-22-58-24-26-23-47-20-19-30(26)62-31-25-61-39-34(38(54)52(39)35(31)40(55)56)49-37(53)33(32-36(45)63-41(46)50-32)51-60-44(27-13-7-4-8-14-27,28-15-9-5-10-16-28)29-17-11-6-12-18-29/h4-20,23,34,39H,21-22,24-25H2,1-3H3,(H2,46,50)(H,48,57)(H,49,53)(H,55,56)/b51-33-/t34-,39-/m1/s1. The van der Waals surface area contributed by atoms with Crippen molar-refractivity contribution in [2.24, 2.45) is 5.16 Å². The van der Waals surface area contributed by atoms with E-state index in [-0.39, 0.29) is 52.1 Å². The second kappa shape index (κ2) is 19.6. The normalized spacial score (nSPS) is 16.5. The summed E-state index contributed by atoms with van der Waals surface area (Å²) >= 11 is 10.0. The van der Waals surface area contributed by atoms with Gasteiger partial charge in [0.25, 0.3) is 11.8 Å². The summed E-state index contributed by atoms with van der Waals surface area (Å²) in [5.41, 5.74) is 6.24. The summed E-state index contributed by atoms with van der Waals surface area (Å²) in [6, 6.07) is 28.8. The summed E-state index contributed by atoms with van der Waals surface area (Å²) in [6.07, 6.45) is 2.62. The fraction of sp³-hybridized carbons (Fsp3) is 0.250. The highest BCUT2D eigenvalue weighted by atomic mass is 35.5. The minimum absolute atomic E-state index is 0.0547. The second-order valence-electron chi connectivity index (χ2n) is 15.0. The minimum atomic E-state index is -1.37. The van der Waals surface area contributed by atoms with E-state index < -0.39 is 46.5 Å². The van der Waals surface area contributed by atoms with Gasteiger partial charge in [0.15, 0.2) is 10.8 Å². The van der Waals surface area contributed by atoms with Gasteiger partial charge in [0.2, 0.25) is 5.60 Å². The summed E-state index contributed by atoms with van der Waals surface area (Å²) in [5, 5.41) is 19.7. The molecule has 0 spiro atoms. The number of aliphatic carboxylic acids is 1. The molecule has 5 N–H and O–H groups in total. The lowest BCUT2D eigenvalue weighted by atomic mass is 9.80. The number of anilines is 1. The maximum Gasteiger partial charge on any atom is 0.407 e. The Bertz CT molecular complexity index is 2440. The third-order valence-electron chi connectivity index (χ3n) is 9.54. The third-order valence-corrected chi connectivity index (χ3v) is 13.3. The number of hydrogen-bond acceptors (Lipinski definition) is 14. The fourth-order valence-electron chi connectivity index (χ4n) is 6.80. The molecule has 2 atom stereocenters. The molecule has 63 heavy (non-hydrogen) atoms. The van der Waals surface area contributed by atoms with Crippen LogP contribution in [0, 0.1) is 0 Å². The number of pyridine rings is 1. The lowest BCUT2D eigenvalue weighted by molar-refractivity contribution is -0.150. The zero-order valence-corrected chi connectivity index (χ0v) is 37.4. The number of halogens is 1. The van der Waals surface area contributed by atoms with Gasteiger partial charge in [-0.3, -0.25) is 19.5 Å². The fourth-order valence-corrected chi connectivity index (χ4v) is 10.3. The van der Waals surface area contributed by atoms with Crippen LogP contribution in [0.5, 0.6) is 0 Å². The lowest BCUT2D eigenvalue weighted by Gasteiger charge is -2.49. The molecule has 2 aromatic heterocycles. The summed E-state index contributed by atoms with van der Waals surface area (Å²) in [6.45, 7) is 5.82. The van der Waals surface area contributed by atoms with E-state index in [4.69, 9.17) is 31.6 Å². The molecule has 1 saturated heterocycles. The Kier molecular flexibility index (Phi) is 14.1. The number of rotatable bonds is 16. The maximum absolute atomic E-state index is 14.4. The molecule has 326 valence electrons. The van der Waals surface area contributed by atoms with Crippen molar-refractivity contribution in [3.05, 3.63) is 152 Å². The van der Waals surface area contributed by atoms with Gasteiger partial charge >= 0.3 is 12.1 Å². The van der Waals surface area contributed by atoms with Gasteiger partial charge in [-0.05, 0) is 26.8 Å². The smallest absolute Gasteiger partial charge is 0.407 e. The van der Waals surface area contributed by atoms with Crippen molar-refractivity contribution in [2.45, 2.75) is 54.9 Å². The predicted molar refractivity (Wildman–Crippen MR) is 242 cm³/mol. The van der Waals surface area contributed by atoms with E-state index in [2.05, 4.69) is 25.8 Å². The van der Waals surface area contributed by atoms with Gasteiger partial charge in [0.1, 0.15) is 32.7 Å². The summed E-state index contributed by atoms with van der Waals surface area (Å²) in [4.78, 5) is 70.6. The van der Waals surface area contributed by atoms with Crippen LogP contribution in [0.3, 0.4) is 0 Å². The van der Waals surface area contributed by atoms with E-state index in [1.165, 1.54) is 28.4 Å². The van der Waals surface area contributed by atoms with Crippen LogP contribution in [-0.4, -0.2) is 85.5 Å². The Morgan fingerprint density at radius 3 is 2.16 bits per heavy atom. The number of aromatic nitrogens is 2. The Morgan fingerprint density at radius 2 is 1.60 bits per heavy atom. The summed E-state index contributed by atoms with van der Waals surface area (Å²) < 4.78 is 11.1. The monoisotopic (exact) mass is 927 g/mol. The highest BCUT2D eigenvalue weighted by molar-refractivity contribution is 8.06. The molecule has 3 amide bonds. The predicted octanol–water partition coefficient (Wildman–Crippen LogP) is 7.02. The van der Waals surface area contributed by atoms with E-state index in [1.54, 1.807) is 39.2 Å². The van der Waals surface area contributed by atoms with E-state index in [1.807, 2.05) is 91.0 Å². The minimum Gasteiger partial charge on any atom is -0.477 e. The van der Waals surface area contributed by atoms with Crippen LogP contribution in [0.25, 0.3) is 0 Å². The Morgan fingerprint density at radius 1 is 0.984 bits per heavy atom. The molecule has 0 aliphatic carbocycles. The molecule has 15 nitrogen and oxygen atoms in total. The first-order valence-corrected chi connectivity index (χ1v) is 22.5. The van der Waals surface area contributed by atoms with Crippen LogP contribution >= 0.6 is 46.5 Å². The number of hydrogen-bond donors (Lipinski definition) is 4. The van der Waals surface area contributed by atoms with Crippen molar-refractivity contribution in [1.82, 2.24) is 25.5 Å². The van der Waals surface area contributed by atoms with E-state index in [0.29, 0.717) is 32.1 Å². The van der Waals surface area contributed by atoms with Crippen molar-refractivity contribution in [3.8, 4) is 0 Å². The third kappa shape index (κ3) is 10.2. The van der Waals surface area contributed by atoms with Gasteiger partial charge in [-0.2, -0.15) is 0 Å². The molecule has 5 aromatic rings. The number of nitrogens with one attached hydrogen (secondary N) is 2. The quantitative estimate of drug-likeness (QED) is 0.0258. The van der Waals surface area contributed by atoms with E-state index in [9.17, 15) is 24.3 Å². The highest BCUT2D eigenvalue weighted by Gasteiger charge is 2.55. The number of amides is 3. The van der Waals surface area contributed by atoms with Crippen molar-refractivity contribution >= 4 is 81.2 Å². The van der Waals surface area contributed by atoms with Crippen molar-refractivity contribution < 1.29 is 38.6 Å². The number of benzene rings is 3. The molecule has 1 fully saturated rings. The van der Waals surface area contributed by atoms with Crippen LogP contribution in [-0.2, 0) is 40.9 Å². The van der Waals surface area contributed by atoms with Gasteiger partial charge in [-0.25, -0.2) is 14.6 Å². The van der Waals surface area contributed by atoms with Crippen LogP contribution in [0.15, 0.2) is 130 Å². The van der Waals surface area contributed by atoms with E-state index >= 15 is 0 Å².